The van der Waals surface area contributed by atoms with Crippen molar-refractivity contribution in [1.82, 2.24) is 4.98 Å². The summed E-state index contributed by atoms with van der Waals surface area (Å²) in [6.07, 6.45) is 2.65. The minimum atomic E-state index is 0.599. The van der Waals surface area contributed by atoms with Gasteiger partial charge < -0.3 is 9.47 Å². The Labute approximate surface area is 107 Å². The highest BCUT2D eigenvalue weighted by Crippen LogP contribution is 2.23. The van der Waals surface area contributed by atoms with Gasteiger partial charge in [0.1, 0.15) is 11.5 Å². The summed E-state index contributed by atoms with van der Waals surface area (Å²) in [5.74, 6) is 2.15. The van der Waals surface area contributed by atoms with E-state index in [1.165, 1.54) is 5.56 Å². The fourth-order valence-corrected chi connectivity index (χ4v) is 1.48. The van der Waals surface area contributed by atoms with Crippen molar-refractivity contribution in [1.29, 1.82) is 0 Å². The molecule has 0 fully saturated rings. The highest BCUT2D eigenvalue weighted by molar-refractivity contribution is 5.34. The first-order valence-corrected chi connectivity index (χ1v) is 6.11. The number of pyridine rings is 1. The van der Waals surface area contributed by atoms with Crippen LogP contribution in [-0.4, -0.2) is 11.6 Å². The van der Waals surface area contributed by atoms with Crippen LogP contribution in [0.5, 0.6) is 17.4 Å². The number of hydrogen-bond acceptors (Lipinski definition) is 3. The lowest BCUT2D eigenvalue weighted by atomic mass is 10.2. The van der Waals surface area contributed by atoms with Gasteiger partial charge in [0.25, 0.3) is 0 Å². The average molecular weight is 243 g/mol. The van der Waals surface area contributed by atoms with Gasteiger partial charge in [-0.15, -0.1) is 0 Å². The molecule has 18 heavy (non-hydrogen) atoms. The average Bonchev–Trinajstić information content (AvgIpc) is 2.40. The minimum Gasteiger partial charge on any atom is -0.478 e. The summed E-state index contributed by atoms with van der Waals surface area (Å²) < 4.78 is 11.2. The Morgan fingerprint density at radius 3 is 2.56 bits per heavy atom. The van der Waals surface area contributed by atoms with E-state index < -0.39 is 0 Å². The van der Waals surface area contributed by atoms with Gasteiger partial charge in [0.2, 0.25) is 5.88 Å². The van der Waals surface area contributed by atoms with Gasteiger partial charge >= 0.3 is 0 Å². The van der Waals surface area contributed by atoms with Crippen molar-refractivity contribution in [3.8, 4) is 17.4 Å². The number of hydrogen-bond donors (Lipinski definition) is 0. The first-order chi connectivity index (χ1) is 8.78. The molecular weight excluding hydrogens is 226 g/mol. The number of rotatable bonds is 5. The molecule has 2 aromatic rings. The normalized spacial score (nSPS) is 10.1. The third-order valence-electron chi connectivity index (χ3n) is 2.42. The predicted octanol–water partition coefficient (Wildman–Crippen LogP) is 3.97. The van der Waals surface area contributed by atoms with Gasteiger partial charge in [-0.25, -0.2) is 4.98 Å². The van der Waals surface area contributed by atoms with Crippen LogP contribution in [0.2, 0.25) is 0 Å². The number of aryl methyl sites for hydroxylation is 1. The van der Waals surface area contributed by atoms with Crippen molar-refractivity contribution in [3.63, 3.8) is 0 Å². The zero-order valence-corrected chi connectivity index (χ0v) is 10.7. The lowest BCUT2D eigenvalue weighted by Crippen LogP contribution is -1.97. The molecule has 0 bridgehead atoms. The molecule has 1 aromatic carbocycles. The highest BCUT2D eigenvalue weighted by Gasteiger charge is 2.00. The van der Waals surface area contributed by atoms with E-state index in [9.17, 15) is 0 Å². The van der Waals surface area contributed by atoms with Crippen LogP contribution in [0.25, 0.3) is 0 Å². The molecule has 1 aromatic heterocycles. The van der Waals surface area contributed by atoms with E-state index in [4.69, 9.17) is 9.47 Å². The van der Waals surface area contributed by atoms with Crippen LogP contribution in [-0.2, 0) is 0 Å². The van der Waals surface area contributed by atoms with Gasteiger partial charge in [-0.05, 0) is 31.5 Å². The second-order valence-electron chi connectivity index (χ2n) is 4.09. The van der Waals surface area contributed by atoms with Crippen molar-refractivity contribution in [2.45, 2.75) is 20.3 Å². The fraction of sp³-hybridized carbons (Fsp3) is 0.267. The molecule has 0 saturated carbocycles. The van der Waals surface area contributed by atoms with Crippen LogP contribution in [0, 0.1) is 6.92 Å². The Balaban J connectivity index is 2.06. The number of aromatic nitrogens is 1. The fourth-order valence-electron chi connectivity index (χ4n) is 1.48. The van der Waals surface area contributed by atoms with Crippen LogP contribution in [0.4, 0.5) is 0 Å². The van der Waals surface area contributed by atoms with Crippen molar-refractivity contribution >= 4 is 0 Å². The van der Waals surface area contributed by atoms with E-state index in [0.717, 1.165) is 17.9 Å². The Kier molecular flexibility index (Phi) is 4.18. The van der Waals surface area contributed by atoms with E-state index in [-0.39, 0.29) is 0 Å². The van der Waals surface area contributed by atoms with Gasteiger partial charge in [0.15, 0.2) is 0 Å². The Bertz CT molecular complexity index is 494. The monoisotopic (exact) mass is 243 g/mol. The molecule has 3 nitrogen and oxygen atoms in total. The largest absolute Gasteiger partial charge is 0.478 e. The number of ether oxygens (including phenoxy) is 2. The Morgan fingerprint density at radius 2 is 1.83 bits per heavy atom. The maximum absolute atomic E-state index is 5.73. The molecule has 0 N–H and O–H groups in total. The van der Waals surface area contributed by atoms with Crippen LogP contribution >= 0.6 is 0 Å². The molecule has 94 valence electrons. The number of benzene rings is 1. The van der Waals surface area contributed by atoms with E-state index in [2.05, 4.69) is 11.9 Å². The first kappa shape index (κ1) is 12.4. The molecule has 1 heterocycles. The molecule has 0 aliphatic carbocycles. The van der Waals surface area contributed by atoms with Gasteiger partial charge in [-0.2, -0.15) is 0 Å². The van der Waals surface area contributed by atoms with Gasteiger partial charge in [-0.1, -0.05) is 24.6 Å². The summed E-state index contributed by atoms with van der Waals surface area (Å²) in [5, 5.41) is 0. The quantitative estimate of drug-likeness (QED) is 0.796. The van der Waals surface area contributed by atoms with Gasteiger partial charge in [-0.3, -0.25) is 0 Å². The Morgan fingerprint density at radius 1 is 1.06 bits per heavy atom. The topological polar surface area (TPSA) is 31.4 Å². The molecule has 2 rings (SSSR count). The first-order valence-electron chi connectivity index (χ1n) is 6.11. The molecule has 0 radical (unpaired) electrons. The van der Waals surface area contributed by atoms with Crippen LogP contribution in [0.1, 0.15) is 18.9 Å². The van der Waals surface area contributed by atoms with Crippen molar-refractivity contribution in [3.05, 3.63) is 48.2 Å². The highest BCUT2D eigenvalue weighted by atomic mass is 16.5. The maximum atomic E-state index is 5.73. The molecule has 0 unspecified atom stereocenters. The molecule has 0 spiro atoms. The van der Waals surface area contributed by atoms with Crippen molar-refractivity contribution in [2.24, 2.45) is 0 Å². The lowest BCUT2D eigenvalue weighted by molar-refractivity contribution is 0.303. The summed E-state index contributed by atoms with van der Waals surface area (Å²) in [5.41, 5.74) is 1.21. The van der Waals surface area contributed by atoms with Crippen LogP contribution < -0.4 is 9.47 Å². The van der Waals surface area contributed by atoms with E-state index in [0.29, 0.717) is 12.5 Å². The zero-order valence-electron chi connectivity index (χ0n) is 10.7. The Hall–Kier alpha value is -2.03. The standard InChI is InChI=1S/C15H17NO2/c1-3-10-17-15-11-14(8-9-16-15)18-13-6-4-12(2)5-7-13/h4-9,11H,3,10H2,1-2H3. The minimum absolute atomic E-state index is 0.599. The third-order valence-corrected chi connectivity index (χ3v) is 2.42. The van der Waals surface area contributed by atoms with Crippen LogP contribution in [0.3, 0.4) is 0 Å². The smallest absolute Gasteiger partial charge is 0.216 e. The molecule has 0 aliphatic heterocycles. The van der Waals surface area contributed by atoms with Gasteiger partial charge in [0.05, 0.1) is 6.61 Å². The summed E-state index contributed by atoms with van der Waals surface area (Å²) in [6, 6.07) is 11.6. The van der Waals surface area contributed by atoms with E-state index >= 15 is 0 Å². The van der Waals surface area contributed by atoms with Crippen molar-refractivity contribution < 1.29 is 9.47 Å². The maximum Gasteiger partial charge on any atom is 0.216 e. The summed E-state index contributed by atoms with van der Waals surface area (Å²) in [7, 11) is 0. The summed E-state index contributed by atoms with van der Waals surface area (Å²) in [4.78, 5) is 4.13. The van der Waals surface area contributed by atoms with Gasteiger partial charge in [0, 0.05) is 12.3 Å². The van der Waals surface area contributed by atoms with Crippen LogP contribution in [0.15, 0.2) is 42.6 Å². The molecule has 0 amide bonds. The summed E-state index contributed by atoms with van der Waals surface area (Å²) >= 11 is 0. The van der Waals surface area contributed by atoms with E-state index in [1.807, 2.05) is 37.3 Å². The van der Waals surface area contributed by atoms with Crippen molar-refractivity contribution in [2.75, 3.05) is 6.61 Å². The third kappa shape index (κ3) is 3.48. The second-order valence-corrected chi connectivity index (χ2v) is 4.09. The SMILES string of the molecule is CCCOc1cc(Oc2ccc(C)cc2)ccn1. The number of nitrogens with zero attached hydrogens (tertiary/aromatic N) is 1. The van der Waals surface area contributed by atoms with E-state index in [1.54, 1.807) is 12.3 Å². The molecule has 0 saturated heterocycles. The predicted molar refractivity (Wildman–Crippen MR) is 71.3 cm³/mol. The molecule has 3 heteroatoms. The zero-order chi connectivity index (χ0) is 12.8. The molecule has 0 aliphatic rings. The second kappa shape index (κ2) is 6.05. The lowest BCUT2D eigenvalue weighted by Gasteiger charge is -2.08. The summed E-state index contributed by atoms with van der Waals surface area (Å²) in [6.45, 7) is 4.78. The molecular formula is C15H17NO2. The molecule has 0 atom stereocenters.